The van der Waals surface area contributed by atoms with Crippen LogP contribution in [0, 0.1) is 0 Å². The zero-order chi connectivity index (χ0) is 19.6. The van der Waals surface area contributed by atoms with Gasteiger partial charge in [0.1, 0.15) is 12.4 Å². The van der Waals surface area contributed by atoms with Crippen LogP contribution in [0.25, 0.3) is 0 Å². The molecule has 0 aliphatic heterocycles. The highest BCUT2D eigenvalue weighted by Crippen LogP contribution is 2.14. The third-order valence-corrected chi connectivity index (χ3v) is 4.30. The minimum absolute atomic E-state index is 0.570. The topological polar surface area (TPSA) is 63.5 Å². The van der Waals surface area contributed by atoms with E-state index in [0.717, 1.165) is 35.1 Å². The van der Waals surface area contributed by atoms with Crippen molar-refractivity contribution in [1.82, 2.24) is 20.4 Å². The summed E-state index contributed by atoms with van der Waals surface area (Å²) >= 11 is 0. The highest BCUT2D eigenvalue weighted by atomic mass is 16.5. The van der Waals surface area contributed by atoms with Crippen molar-refractivity contribution in [1.29, 1.82) is 0 Å². The number of benzene rings is 2. The predicted molar refractivity (Wildman–Crippen MR) is 112 cm³/mol. The Kier molecular flexibility index (Phi) is 7.07. The summed E-state index contributed by atoms with van der Waals surface area (Å²) in [4.78, 5) is 4.66. The van der Waals surface area contributed by atoms with E-state index in [-0.39, 0.29) is 0 Å². The number of nitrogens with zero attached hydrogens (tertiary/aromatic N) is 3. The number of nitrogens with one attached hydrogen (secondary N) is 2. The first kappa shape index (κ1) is 19.5. The molecule has 6 nitrogen and oxygen atoms in total. The summed E-state index contributed by atoms with van der Waals surface area (Å²) in [5.74, 6) is 1.64. The smallest absolute Gasteiger partial charge is 0.191 e. The SMILES string of the molecule is CCNC(=NCc1ccc(OCc2ccccc2)cc1)NCc1ccnn1C. The fourth-order valence-electron chi connectivity index (χ4n) is 2.69. The van der Waals surface area contributed by atoms with Gasteiger partial charge in [-0.15, -0.1) is 0 Å². The Bertz CT molecular complexity index is 871. The summed E-state index contributed by atoms with van der Waals surface area (Å²) in [7, 11) is 1.93. The lowest BCUT2D eigenvalue weighted by molar-refractivity contribution is 0.306. The molecule has 2 aromatic carbocycles. The van der Waals surface area contributed by atoms with Gasteiger partial charge in [-0.05, 0) is 36.2 Å². The van der Waals surface area contributed by atoms with Gasteiger partial charge in [-0.25, -0.2) is 4.99 Å². The molecule has 0 aliphatic carbocycles. The van der Waals surface area contributed by atoms with Crippen LogP contribution in [0.4, 0.5) is 0 Å². The van der Waals surface area contributed by atoms with E-state index in [9.17, 15) is 0 Å². The van der Waals surface area contributed by atoms with Crippen LogP contribution in [0.3, 0.4) is 0 Å². The lowest BCUT2D eigenvalue weighted by Gasteiger charge is -2.11. The van der Waals surface area contributed by atoms with Crippen LogP contribution in [0.1, 0.15) is 23.7 Å². The van der Waals surface area contributed by atoms with Crippen molar-refractivity contribution < 1.29 is 4.74 Å². The van der Waals surface area contributed by atoms with Crippen molar-refractivity contribution in [2.24, 2.45) is 12.0 Å². The van der Waals surface area contributed by atoms with E-state index >= 15 is 0 Å². The largest absolute Gasteiger partial charge is 0.489 e. The maximum Gasteiger partial charge on any atom is 0.191 e. The van der Waals surface area contributed by atoms with Gasteiger partial charge in [0.25, 0.3) is 0 Å². The monoisotopic (exact) mass is 377 g/mol. The van der Waals surface area contributed by atoms with E-state index in [1.165, 1.54) is 0 Å². The summed E-state index contributed by atoms with van der Waals surface area (Å²) in [6, 6.07) is 20.2. The van der Waals surface area contributed by atoms with E-state index < -0.39 is 0 Å². The third-order valence-electron chi connectivity index (χ3n) is 4.30. The molecular weight excluding hydrogens is 350 g/mol. The van der Waals surface area contributed by atoms with Gasteiger partial charge < -0.3 is 15.4 Å². The summed E-state index contributed by atoms with van der Waals surface area (Å²) in [5, 5.41) is 10.8. The van der Waals surface area contributed by atoms with Crippen molar-refractivity contribution in [3.05, 3.63) is 83.7 Å². The molecule has 0 unspecified atom stereocenters. The second-order valence-electron chi connectivity index (χ2n) is 6.41. The van der Waals surface area contributed by atoms with Crippen LogP contribution in [-0.2, 0) is 26.7 Å². The van der Waals surface area contributed by atoms with Crippen molar-refractivity contribution in [3.63, 3.8) is 0 Å². The molecule has 0 spiro atoms. The Morgan fingerprint density at radius 1 is 1.00 bits per heavy atom. The van der Waals surface area contributed by atoms with Crippen LogP contribution in [0.5, 0.6) is 5.75 Å². The number of ether oxygens (including phenoxy) is 1. The zero-order valence-corrected chi connectivity index (χ0v) is 16.4. The molecule has 0 radical (unpaired) electrons. The van der Waals surface area contributed by atoms with Crippen LogP contribution in [0.15, 0.2) is 71.9 Å². The van der Waals surface area contributed by atoms with E-state index in [1.54, 1.807) is 6.20 Å². The summed E-state index contributed by atoms with van der Waals surface area (Å²) < 4.78 is 7.69. The molecule has 0 amide bonds. The fraction of sp³-hybridized carbons (Fsp3) is 0.273. The highest BCUT2D eigenvalue weighted by molar-refractivity contribution is 5.79. The van der Waals surface area contributed by atoms with E-state index in [4.69, 9.17) is 4.74 Å². The summed E-state index contributed by atoms with van der Waals surface area (Å²) in [6.07, 6.45) is 1.79. The van der Waals surface area contributed by atoms with E-state index in [2.05, 4.69) is 51.9 Å². The molecule has 3 aromatic rings. The molecule has 0 bridgehead atoms. The molecule has 0 fully saturated rings. The first-order valence-electron chi connectivity index (χ1n) is 9.49. The highest BCUT2D eigenvalue weighted by Gasteiger charge is 2.02. The van der Waals surface area contributed by atoms with E-state index in [0.29, 0.717) is 19.7 Å². The van der Waals surface area contributed by atoms with Gasteiger partial charge in [0, 0.05) is 19.8 Å². The maximum absolute atomic E-state index is 5.83. The number of aliphatic imine (C=N–C) groups is 1. The van der Waals surface area contributed by atoms with Crippen LogP contribution >= 0.6 is 0 Å². The molecule has 3 rings (SSSR count). The second-order valence-corrected chi connectivity index (χ2v) is 6.41. The predicted octanol–water partition coefficient (Wildman–Crippen LogP) is 3.25. The van der Waals surface area contributed by atoms with Gasteiger partial charge in [-0.1, -0.05) is 42.5 Å². The van der Waals surface area contributed by atoms with Crippen molar-refractivity contribution in [3.8, 4) is 5.75 Å². The molecule has 6 heteroatoms. The Balaban J connectivity index is 1.52. The molecule has 146 valence electrons. The van der Waals surface area contributed by atoms with Gasteiger partial charge in [0.2, 0.25) is 0 Å². The van der Waals surface area contributed by atoms with Crippen LogP contribution in [0.2, 0.25) is 0 Å². The number of hydrogen-bond acceptors (Lipinski definition) is 3. The van der Waals surface area contributed by atoms with E-state index in [1.807, 2.05) is 48.1 Å². The maximum atomic E-state index is 5.83. The molecule has 1 heterocycles. The van der Waals surface area contributed by atoms with Gasteiger partial charge in [0.15, 0.2) is 5.96 Å². The first-order valence-corrected chi connectivity index (χ1v) is 9.49. The number of guanidine groups is 1. The molecule has 0 saturated carbocycles. The molecule has 28 heavy (non-hydrogen) atoms. The molecule has 0 saturated heterocycles. The molecule has 1 aromatic heterocycles. The Morgan fingerprint density at radius 2 is 1.79 bits per heavy atom. The number of rotatable bonds is 8. The normalized spacial score (nSPS) is 11.3. The third kappa shape index (κ3) is 5.87. The minimum Gasteiger partial charge on any atom is -0.489 e. The number of aryl methyl sites for hydroxylation is 1. The molecule has 0 atom stereocenters. The van der Waals surface area contributed by atoms with Crippen molar-refractivity contribution in [2.45, 2.75) is 26.6 Å². The Morgan fingerprint density at radius 3 is 2.46 bits per heavy atom. The average Bonchev–Trinajstić information content (AvgIpc) is 3.15. The molecule has 2 N–H and O–H groups in total. The van der Waals surface area contributed by atoms with Gasteiger partial charge >= 0.3 is 0 Å². The summed E-state index contributed by atoms with van der Waals surface area (Å²) in [6.45, 7) is 4.71. The number of aromatic nitrogens is 2. The first-order chi connectivity index (χ1) is 13.7. The van der Waals surface area contributed by atoms with Crippen LogP contribution < -0.4 is 15.4 Å². The number of hydrogen-bond donors (Lipinski definition) is 2. The Labute approximate surface area is 166 Å². The quantitative estimate of drug-likeness (QED) is 0.467. The summed E-state index contributed by atoms with van der Waals surface area (Å²) in [5.41, 5.74) is 3.39. The van der Waals surface area contributed by atoms with Gasteiger partial charge in [-0.3, -0.25) is 4.68 Å². The van der Waals surface area contributed by atoms with Gasteiger partial charge in [-0.2, -0.15) is 5.10 Å². The lowest BCUT2D eigenvalue weighted by Crippen LogP contribution is -2.37. The van der Waals surface area contributed by atoms with Crippen molar-refractivity contribution in [2.75, 3.05) is 6.54 Å². The average molecular weight is 377 g/mol. The van der Waals surface area contributed by atoms with Gasteiger partial charge in [0.05, 0.1) is 18.8 Å². The standard InChI is InChI=1S/C22H27N5O/c1-3-23-22(25-16-20-13-14-26-27(20)2)24-15-18-9-11-21(12-10-18)28-17-19-7-5-4-6-8-19/h4-14H,3,15-17H2,1-2H3,(H2,23,24,25). The minimum atomic E-state index is 0.570. The second kappa shape index (κ2) is 10.2. The fourth-order valence-corrected chi connectivity index (χ4v) is 2.69. The van der Waals surface area contributed by atoms with Crippen LogP contribution in [-0.4, -0.2) is 22.3 Å². The lowest BCUT2D eigenvalue weighted by atomic mass is 10.2. The molecule has 0 aliphatic rings. The van der Waals surface area contributed by atoms with Crippen molar-refractivity contribution >= 4 is 5.96 Å². The molecular formula is C22H27N5O. The zero-order valence-electron chi connectivity index (χ0n) is 16.4. The Hall–Kier alpha value is -3.28.